The summed E-state index contributed by atoms with van der Waals surface area (Å²) in [5.41, 5.74) is 8.39. The molecule has 1 aromatic rings. The fourth-order valence-electron chi connectivity index (χ4n) is 2.33. The maximum absolute atomic E-state index is 6.13. The fraction of sp³-hybridized carbons (Fsp3) is 0.625. The van der Waals surface area contributed by atoms with E-state index in [-0.39, 0.29) is 6.04 Å². The molecule has 0 saturated heterocycles. The van der Waals surface area contributed by atoms with Gasteiger partial charge in [-0.1, -0.05) is 25.4 Å². The van der Waals surface area contributed by atoms with Gasteiger partial charge in [-0.15, -0.1) is 0 Å². The van der Waals surface area contributed by atoms with Crippen molar-refractivity contribution in [3.63, 3.8) is 0 Å². The van der Waals surface area contributed by atoms with Crippen LogP contribution in [0.3, 0.4) is 0 Å². The van der Waals surface area contributed by atoms with E-state index in [1.807, 2.05) is 19.1 Å². The van der Waals surface area contributed by atoms with Crippen LogP contribution in [0.25, 0.3) is 0 Å². The monoisotopic (exact) mass is 298 g/mol. The summed E-state index contributed by atoms with van der Waals surface area (Å²) in [6.45, 7) is 9.06. The summed E-state index contributed by atoms with van der Waals surface area (Å²) in [7, 11) is 1.73. The second-order valence-electron chi connectivity index (χ2n) is 5.79. The van der Waals surface area contributed by atoms with Crippen molar-refractivity contribution < 1.29 is 4.74 Å². The minimum absolute atomic E-state index is 0.121. The number of anilines is 1. The van der Waals surface area contributed by atoms with Crippen LogP contribution < -0.4 is 10.6 Å². The van der Waals surface area contributed by atoms with Crippen LogP contribution in [-0.2, 0) is 11.2 Å². The van der Waals surface area contributed by atoms with Crippen LogP contribution in [0.4, 0.5) is 5.69 Å². The molecule has 0 amide bonds. The van der Waals surface area contributed by atoms with Gasteiger partial charge < -0.3 is 15.4 Å². The van der Waals surface area contributed by atoms with Crippen molar-refractivity contribution in [2.45, 2.75) is 33.2 Å². The van der Waals surface area contributed by atoms with Crippen LogP contribution in [0, 0.1) is 5.92 Å². The van der Waals surface area contributed by atoms with Crippen LogP contribution in [0.1, 0.15) is 26.3 Å². The number of halogens is 1. The lowest BCUT2D eigenvalue weighted by Crippen LogP contribution is -2.32. The Balaban J connectivity index is 3.03. The number of rotatable bonds is 8. The van der Waals surface area contributed by atoms with Crippen molar-refractivity contribution in [1.29, 1.82) is 0 Å². The van der Waals surface area contributed by atoms with E-state index in [9.17, 15) is 0 Å². The number of methoxy groups -OCH3 is 1. The van der Waals surface area contributed by atoms with Gasteiger partial charge >= 0.3 is 0 Å². The van der Waals surface area contributed by atoms with Gasteiger partial charge in [0.05, 0.1) is 6.61 Å². The molecule has 1 unspecified atom stereocenters. The molecular formula is C16H27ClN2O. The zero-order valence-corrected chi connectivity index (χ0v) is 13.8. The minimum atomic E-state index is 0.121. The Labute approximate surface area is 128 Å². The first-order chi connectivity index (χ1) is 9.43. The minimum Gasteiger partial charge on any atom is -0.383 e. The predicted molar refractivity (Wildman–Crippen MR) is 87.7 cm³/mol. The van der Waals surface area contributed by atoms with Gasteiger partial charge in [-0.2, -0.15) is 0 Å². The van der Waals surface area contributed by atoms with E-state index in [2.05, 4.69) is 24.8 Å². The molecule has 0 bridgehead atoms. The first kappa shape index (κ1) is 17.3. The van der Waals surface area contributed by atoms with E-state index in [0.29, 0.717) is 12.5 Å². The number of benzene rings is 1. The summed E-state index contributed by atoms with van der Waals surface area (Å²) in [4.78, 5) is 2.36. The molecule has 20 heavy (non-hydrogen) atoms. The van der Waals surface area contributed by atoms with Gasteiger partial charge in [0.15, 0.2) is 0 Å². The first-order valence-electron chi connectivity index (χ1n) is 7.22. The van der Waals surface area contributed by atoms with Crippen LogP contribution in [-0.4, -0.2) is 32.8 Å². The molecule has 2 N–H and O–H groups in total. The maximum Gasteiger partial charge on any atom is 0.0637 e. The predicted octanol–water partition coefficient (Wildman–Crippen LogP) is 3.34. The largest absolute Gasteiger partial charge is 0.383 e. The average molecular weight is 299 g/mol. The van der Waals surface area contributed by atoms with Crippen molar-refractivity contribution in [1.82, 2.24) is 0 Å². The molecule has 0 aromatic heterocycles. The van der Waals surface area contributed by atoms with E-state index in [4.69, 9.17) is 22.1 Å². The SMILES string of the molecule is COCCN(CC(C)C)c1ccc(Cl)cc1CC(C)N. The highest BCUT2D eigenvalue weighted by molar-refractivity contribution is 6.30. The van der Waals surface area contributed by atoms with Crippen LogP contribution in [0.5, 0.6) is 0 Å². The van der Waals surface area contributed by atoms with Crippen molar-refractivity contribution in [2.75, 3.05) is 31.7 Å². The molecule has 0 fully saturated rings. The van der Waals surface area contributed by atoms with Crippen LogP contribution in [0.2, 0.25) is 5.02 Å². The lowest BCUT2D eigenvalue weighted by Gasteiger charge is -2.29. The van der Waals surface area contributed by atoms with E-state index in [0.717, 1.165) is 24.5 Å². The third-order valence-corrected chi connectivity index (χ3v) is 3.31. The standard InChI is InChI=1S/C16H27ClN2O/c1-12(2)11-19(7-8-20-4)16-6-5-15(17)10-14(16)9-13(3)18/h5-6,10,12-13H,7-9,11,18H2,1-4H3. The second-order valence-corrected chi connectivity index (χ2v) is 6.22. The number of hydrogen-bond acceptors (Lipinski definition) is 3. The number of nitrogens with two attached hydrogens (primary N) is 1. The summed E-state index contributed by atoms with van der Waals surface area (Å²) in [6, 6.07) is 6.19. The highest BCUT2D eigenvalue weighted by Gasteiger charge is 2.14. The molecule has 0 radical (unpaired) electrons. The summed E-state index contributed by atoms with van der Waals surface area (Å²) in [5.74, 6) is 0.589. The fourth-order valence-corrected chi connectivity index (χ4v) is 2.52. The van der Waals surface area contributed by atoms with Gasteiger partial charge in [-0.25, -0.2) is 0 Å². The zero-order valence-electron chi connectivity index (χ0n) is 13.0. The van der Waals surface area contributed by atoms with E-state index < -0.39 is 0 Å². The summed E-state index contributed by atoms with van der Waals surface area (Å²) < 4.78 is 5.23. The number of hydrogen-bond donors (Lipinski definition) is 1. The molecule has 114 valence electrons. The second kappa shape index (κ2) is 8.50. The summed E-state index contributed by atoms with van der Waals surface area (Å²) >= 11 is 6.13. The average Bonchev–Trinajstić information content (AvgIpc) is 2.33. The molecule has 0 saturated carbocycles. The highest BCUT2D eigenvalue weighted by atomic mass is 35.5. The van der Waals surface area contributed by atoms with Gasteiger partial charge in [-0.3, -0.25) is 0 Å². The Morgan fingerprint density at radius 1 is 1.30 bits per heavy atom. The molecule has 1 atom stereocenters. The molecule has 0 heterocycles. The Morgan fingerprint density at radius 3 is 2.55 bits per heavy atom. The molecule has 0 aliphatic rings. The Kier molecular flexibility index (Phi) is 7.35. The van der Waals surface area contributed by atoms with E-state index >= 15 is 0 Å². The van der Waals surface area contributed by atoms with Gasteiger partial charge in [0.1, 0.15) is 0 Å². The highest BCUT2D eigenvalue weighted by Crippen LogP contribution is 2.26. The van der Waals surface area contributed by atoms with E-state index in [1.54, 1.807) is 7.11 Å². The van der Waals surface area contributed by atoms with Gasteiger partial charge in [0.2, 0.25) is 0 Å². The Morgan fingerprint density at radius 2 is 2.00 bits per heavy atom. The first-order valence-corrected chi connectivity index (χ1v) is 7.59. The van der Waals surface area contributed by atoms with Crippen molar-refractivity contribution >= 4 is 17.3 Å². The molecule has 0 spiro atoms. The summed E-state index contributed by atoms with van der Waals surface area (Å²) in [6.07, 6.45) is 0.831. The zero-order chi connectivity index (χ0) is 15.1. The van der Waals surface area contributed by atoms with Crippen LogP contribution in [0.15, 0.2) is 18.2 Å². The number of ether oxygens (including phenoxy) is 1. The van der Waals surface area contributed by atoms with Gasteiger partial charge in [0, 0.05) is 37.0 Å². The van der Waals surface area contributed by atoms with Crippen molar-refractivity contribution in [2.24, 2.45) is 11.7 Å². The topological polar surface area (TPSA) is 38.5 Å². The smallest absolute Gasteiger partial charge is 0.0637 e. The maximum atomic E-state index is 6.13. The molecule has 1 aromatic carbocycles. The Bertz CT molecular complexity index is 407. The lowest BCUT2D eigenvalue weighted by molar-refractivity contribution is 0.204. The Hall–Kier alpha value is -0.770. The third kappa shape index (κ3) is 5.70. The van der Waals surface area contributed by atoms with Crippen molar-refractivity contribution in [3.05, 3.63) is 28.8 Å². The molecule has 0 aliphatic carbocycles. The van der Waals surface area contributed by atoms with Crippen LogP contribution >= 0.6 is 11.6 Å². The summed E-state index contributed by atoms with van der Waals surface area (Å²) in [5, 5.41) is 0.764. The van der Waals surface area contributed by atoms with Crippen molar-refractivity contribution in [3.8, 4) is 0 Å². The van der Waals surface area contributed by atoms with Gasteiger partial charge in [-0.05, 0) is 43.0 Å². The lowest BCUT2D eigenvalue weighted by atomic mass is 10.0. The number of nitrogens with zero attached hydrogens (tertiary/aromatic N) is 1. The third-order valence-electron chi connectivity index (χ3n) is 3.07. The molecule has 3 nitrogen and oxygen atoms in total. The molecule has 0 aliphatic heterocycles. The molecule has 4 heteroatoms. The van der Waals surface area contributed by atoms with E-state index in [1.165, 1.54) is 11.3 Å². The quantitative estimate of drug-likeness (QED) is 0.800. The molecular weight excluding hydrogens is 272 g/mol. The van der Waals surface area contributed by atoms with Gasteiger partial charge in [0.25, 0.3) is 0 Å². The normalized spacial score (nSPS) is 12.8. The molecule has 1 rings (SSSR count).